The number of piperazine rings is 1. The van der Waals surface area contributed by atoms with E-state index in [1.54, 1.807) is 0 Å². The number of hydrogen-bond donors (Lipinski definition) is 1. The van der Waals surface area contributed by atoms with E-state index in [4.69, 9.17) is 0 Å². The van der Waals surface area contributed by atoms with Crippen LogP contribution in [0.4, 0.5) is 17.1 Å². The van der Waals surface area contributed by atoms with Crippen molar-refractivity contribution in [2.45, 2.75) is 26.7 Å². The molecular formula is C24H34N4O3S. The molecule has 2 aromatic carbocycles. The van der Waals surface area contributed by atoms with E-state index in [0.29, 0.717) is 12.1 Å². The van der Waals surface area contributed by atoms with Gasteiger partial charge in [-0.2, -0.15) is 0 Å². The second kappa shape index (κ2) is 10.4. The van der Waals surface area contributed by atoms with E-state index in [0.717, 1.165) is 48.7 Å². The van der Waals surface area contributed by atoms with Gasteiger partial charge in [-0.15, -0.1) is 0 Å². The zero-order chi connectivity index (χ0) is 23.3. The van der Waals surface area contributed by atoms with Gasteiger partial charge in [0, 0.05) is 50.5 Å². The van der Waals surface area contributed by atoms with E-state index in [1.807, 2.05) is 56.3 Å². The van der Waals surface area contributed by atoms with Gasteiger partial charge >= 0.3 is 0 Å². The van der Waals surface area contributed by atoms with E-state index in [9.17, 15) is 13.2 Å². The molecule has 0 radical (unpaired) electrons. The van der Waals surface area contributed by atoms with Gasteiger partial charge in [-0.1, -0.05) is 6.07 Å². The number of anilines is 3. The summed E-state index contributed by atoms with van der Waals surface area (Å²) in [4.78, 5) is 17.1. The molecule has 0 aromatic heterocycles. The largest absolute Gasteiger partial charge is 0.369 e. The second-order valence-corrected chi connectivity index (χ2v) is 10.5. The number of rotatable bonds is 8. The van der Waals surface area contributed by atoms with Gasteiger partial charge in [0.1, 0.15) is 0 Å². The molecule has 1 heterocycles. The van der Waals surface area contributed by atoms with Crippen molar-refractivity contribution >= 4 is 33.0 Å². The highest BCUT2D eigenvalue weighted by molar-refractivity contribution is 7.92. The Morgan fingerprint density at radius 1 is 1.00 bits per heavy atom. The molecule has 32 heavy (non-hydrogen) atoms. The summed E-state index contributed by atoms with van der Waals surface area (Å²) < 4.78 is 26.0. The van der Waals surface area contributed by atoms with Crippen molar-refractivity contribution in [1.82, 2.24) is 4.90 Å². The first kappa shape index (κ1) is 24.1. The second-order valence-electron chi connectivity index (χ2n) is 8.59. The molecule has 0 unspecified atom stereocenters. The van der Waals surface area contributed by atoms with Crippen molar-refractivity contribution in [2.75, 3.05) is 60.5 Å². The summed E-state index contributed by atoms with van der Waals surface area (Å²) in [6.45, 7) is 8.31. The van der Waals surface area contributed by atoms with Crippen molar-refractivity contribution in [3.05, 3.63) is 53.6 Å². The van der Waals surface area contributed by atoms with Crippen molar-refractivity contribution in [1.29, 1.82) is 0 Å². The Kier molecular flexibility index (Phi) is 7.79. The Hall–Kier alpha value is -2.58. The number of carbonyl (C=O) groups is 1. The molecule has 7 nitrogen and oxygen atoms in total. The predicted molar refractivity (Wildman–Crippen MR) is 132 cm³/mol. The summed E-state index contributed by atoms with van der Waals surface area (Å²) in [7, 11) is -1.30. The lowest BCUT2D eigenvalue weighted by Crippen LogP contribution is -2.44. The Bertz CT molecular complexity index is 1030. The number of aryl methyl sites for hydroxylation is 2. The molecule has 1 saturated heterocycles. The Morgan fingerprint density at radius 2 is 1.66 bits per heavy atom. The van der Waals surface area contributed by atoms with Crippen LogP contribution in [0.3, 0.4) is 0 Å². The SMILES string of the molecule is Cc1ccc(N(CCCC(=O)Nc2ccc(N3CCN(C)CC3)cc2)S(C)(=O)=O)cc1C. The molecule has 0 atom stereocenters. The summed E-state index contributed by atoms with van der Waals surface area (Å²) in [5.74, 6) is -0.120. The fourth-order valence-corrected chi connectivity index (χ4v) is 4.75. The van der Waals surface area contributed by atoms with Gasteiger partial charge in [-0.05, 0) is 74.8 Å². The molecule has 1 aliphatic heterocycles. The van der Waals surface area contributed by atoms with Crippen LogP contribution in [0.2, 0.25) is 0 Å². The zero-order valence-electron chi connectivity index (χ0n) is 19.5. The third-order valence-corrected chi connectivity index (χ3v) is 7.16. The minimum Gasteiger partial charge on any atom is -0.369 e. The molecule has 1 N–H and O–H groups in total. The molecule has 1 aliphatic rings. The molecular weight excluding hydrogens is 424 g/mol. The van der Waals surface area contributed by atoms with Crippen LogP contribution in [0.25, 0.3) is 0 Å². The topological polar surface area (TPSA) is 73.0 Å². The quantitative estimate of drug-likeness (QED) is 0.658. The van der Waals surface area contributed by atoms with Crippen LogP contribution in [-0.2, 0) is 14.8 Å². The number of hydrogen-bond acceptors (Lipinski definition) is 5. The van der Waals surface area contributed by atoms with Crippen LogP contribution in [0.15, 0.2) is 42.5 Å². The highest BCUT2D eigenvalue weighted by atomic mass is 32.2. The van der Waals surface area contributed by atoms with E-state index in [-0.39, 0.29) is 18.9 Å². The predicted octanol–water partition coefficient (Wildman–Crippen LogP) is 3.24. The summed E-state index contributed by atoms with van der Waals surface area (Å²) in [6.07, 6.45) is 1.88. The minimum atomic E-state index is -3.43. The van der Waals surface area contributed by atoms with E-state index >= 15 is 0 Å². The van der Waals surface area contributed by atoms with Gasteiger partial charge < -0.3 is 15.1 Å². The fourth-order valence-electron chi connectivity index (χ4n) is 3.79. The molecule has 174 valence electrons. The van der Waals surface area contributed by atoms with Gasteiger partial charge in [-0.3, -0.25) is 9.10 Å². The number of carbonyl (C=O) groups excluding carboxylic acids is 1. The first-order valence-corrected chi connectivity index (χ1v) is 12.9. The van der Waals surface area contributed by atoms with Crippen molar-refractivity contribution < 1.29 is 13.2 Å². The van der Waals surface area contributed by atoms with Gasteiger partial charge in [0.2, 0.25) is 15.9 Å². The maximum absolute atomic E-state index is 12.4. The number of nitrogens with one attached hydrogen (secondary N) is 1. The lowest BCUT2D eigenvalue weighted by atomic mass is 10.1. The van der Waals surface area contributed by atoms with Crippen molar-refractivity contribution in [3.8, 4) is 0 Å². The molecule has 2 aromatic rings. The molecule has 0 aliphatic carbocycles. The van der Waals surface area contributed by atoms with Crippen molar-refractivity contribution in [3.63, 3.8) is 0 Å². The van der Waals surface area contributed by atoms with Crippen LogP contribution in [-0.4, -0.2) is 65.3 Å². The Labute approximate surface area is 192 Å². The van der Waals surface area contributed by atoms with Crippen LogP contribution in [0, 0.1) is 13.8 Å². The number of likely N-dealkylation sites (N-methyl/N-ethyl adjacent to an activating group) is 1. The highest BCUT2D eigenvalue weighted by Crippen LogP contribution is 2.22. The first-order chi connectivity index (χ1) is 15.1. The van der Waals surface area contributed by atoms with Crippen LogP contribution >= 0.6 is 0 Å². The minimum absolute atomic E-state index is 0.120. The lowest BCUT2D eigenvalue weighted by molar-refractivity contribution is -0.116. The zero-order valence-corrected chi connectivity index (χ0v) is 20.3. The van der Waals surface area contributed by atoms with Gasteiger partial charge in [-0.25, -0.2) is 8.42 Å². The third kappa shape index (κ3) is 6.46. The normalized spacial score (nSPS) is 14.9. The van der Waals surface area contributed by atoms with Gasteiger partial charge in [0.05, 0.1) is 11.9 Å². The average molecular weight is 459 g/mol. The summed E-state index contributed by atoms with van der Waals surface area (Å²) >= 11 is 0. The average Bonchev–Trinajstić information content (AvgIpc) is 2.74. The van der Waals surface area contributed by atoms with Gasteiger partial charge in [0.25, 0.3) is 0 Å². The molecule has 0 bridgehead atoms. The van der Waals surface area contributed by atoms with Crippen molar-refractivity contribution in [2.24, 2.45) is 0 Å². The number of amides is 1. The summed E-state index contributed by atoms with van der Waals surface area (Å²) in [6, 6.07) is 13.5. The number of benzene rings is 2. The number of nitrogens with zero attached hydrogens (tertiary/aromatic N) is 3. The van der Waals surface area contributed by atoms with E-state index in [1.165, 1.54) is 10.6 Å². The monoisotopic (exact) mass is 458 g/mol. The van der Waals surface area contributed by atoms with Crippen LogP contribution in [0.5, 0.6) is 0 Å². The smallest absolute Gasteiger partial charge is 0.232 e. The first-order valence-electron chi connectivity index (χ1n) is 11.0. The maximum Gasteiger partial charge on any atom is 0.232 e. The molecule has 8 heteroatoms. The highest BCUT2D eigenvalue weighted by Gasteiger charge is 2.18. The Morgan fingerprint density at radius 3 is 2.25 bits per heavy atom. The molecule has 1 amide bonds. The van der Waals surface area contributed by atoms with Gasteiger partial charge in [0.15, 0.2) is 0 Å². The Balaban J connectivity index is 1.52. The van der Waals surface area contributed by atoms with E-state index < -0.39 is 10.0 Å². The molecule has 3 rings (SSSR count). The maximum atomic E-state index is 12.4. The van der Waals surface area contributed by atoms with E-state index in [2.05, 4.69) is 22.2 Å². The fraction of sp³-hybridized carbons (Fsp3) is 0.458. The number of sulfonamides is 1. The molecule has 0 saturated carbocycles. The molecule has 0 spiro atoms. The van der Waals surface area contributed by atoms with Crippen LogP contribution in [0.1, 0.15) is 24.0 Å². The van der Waals surface area contributed by atoms with Crippen LogP contribution < -0.4 is 14.5 Å². The standard InChI is InChI=1S/C24H34N4O3S/c1-19-7-10-23(18-20(19)2)28(32(4,30)31)13-5-6-24(29)25-21-8-11-22(12-9-21)27-16-14-26(3)15-17-27/h7-12,18H,5-6,13-17H2,1-4H3,(H,25,29). The summed E-state index contributed by atoms with van der Waals surface area (Å²) in [5, 5.41) is 2.91. The molecule has 1 fully saturated rings. The lowest BCUT2D eigenvalue weighted by Gasteiger charge is -2.34. The third-order valence-electron chi connectivity index (χ3n) is 5.96. The summed E-state index contributed by atoms with van der Waals surface area (Å²) in [5.41, 5.74) is 4.69.